The molecule has 3 rings (SSSR count). The third-order valence-electron chi connectivity index (χ3n) is 7.57. The normalized spacial score (nSPS) is 25.6. The van der Waals surface area contributed by atoms with E-state index in [0.29, 0.717) is 18.3 Å². The van der Waals surface area contributed by atoms with Crippen LogP contribution in [0.4, 0.5) is 0 Å². The Kier molecular flexibility index (Phi) is 8.29. The van der Waals surface area contributed by atoms with E-state index in [9.17, 15) is 9.59 Å². The number of amides is 2. The second kappa shape index (κ2) is 10.6. The van der Waals surface area contributed by atoms with Crippen molar-refractivity contribution in [2.75, 3.05) is 13.1 Å². The van der Waals surface area contributed by atoms with Gasteiger partial charge in [0, 0.05) is 24.5 Å². The Hall–Kier alpha value is -1.29. The first-order valence-corrected chi connectivity index (χ1v) is 12.7. The first-order valence-electron chi connectivity index (χ1n) is 12.3. The fraction of sp³-hybridized carbons (Fsp3) is 0.769. The van der Waals surface area contributed by atoms with E-state index in [1.165, 1.54) is 24.8 Å². The molecule has 31 heavy (non-hydrogen) atoms. The Labute approximate surface area is 193 Å². The minimum Gasteiger partial charge on any atom is -0.344 e. The molecule has 174 valence electrons. The van der Waals surface area contributed by atoms with Gasteiger partial charge in [0.1, 0.15) is 6.04 Å². The Balaban J connectivity index is 1.61. The summed E-state index contributed by atoms with van der Waals surface area (Å²) in [6, 6.07) is -0.431. The number of likely N-dealkylation sites (tertiary alicyclic amines) is 1. The molecular weight excluding hydrogens is 408 g/mol. The second-order valence-corrected chi connectivity index (χ2v) is 11.4. The monoisotopic (exact) mass is 448 g/mol. The van der Waals surface area contributed by atoms with E-state index in [-0.39, 0.29) is 23.1 Å². The predicted molar refractivity (Wildman–Crippen MR) is 128 cm³/mol. The number of carbonyl (C=O) groups is 2. The van der Waals surface area contributed by atoms with Gasteiger partial charge < -0.3 is 10.2 Å². The van der Waals surface area contributed by atoms with Crippen LogP contribution in [-0.4, -0.2) is 35.8 Å². The molecule has 4 nitrogen and oxygen atoms in total. The maximum absolute atomic E-state index is 13.5. The summed E-state index contributed by atoms with van der Waals surface area (Å²) >= 11 is 6.15. The SMILES string of the molecule is CC(C)[C@@H](NC(=O)CC1CCCCC1)C(=O)N1CC[C@H](C2=CC=C(Cl)CC2)C(C)(C)C1. The number of hydrogen-bond acceptors (Lipinski definition) is 2. The molecule has 1 saturated carbocycles. The highest BCUT2D eigenvalue weighted by molar-refractivity contribution is 6.29. The average Bonchev–Trinajstić information content (AvgIpc) is 2.72. The zero-order chi connectivity index (χ0) is 22.6. The highest BCUT2D eigenvalue weighted by Gasteiger charge is 2.41. The topological polar surface area (TPSA) is 49.4 Å². The van der Waals surface area contributed by atoms with Crippen LogP contribution in [-0.2, 0) is 9.59 Å². The first-order chi connectivity index (χ1) is 14.7. The number of halogens is 1. The number of piperidine rings is 1. The molecule has 2 fully saturated rings. The molecule has 2 amide bonds. The van der Waals surface area contributed by atoms with Gasteiger partial charge in [-0.05, 0) is 61.3 Å². The van der Waals surface area contributed by atoms with Crippen molar-refractivity contribution in [2.24, 2.45) is 23.2 Å². The molecule has 3 aliphatic rings. The van der Waals surface area contributed by atoms with Gasteiger partial charge in [0.15, 0.2) is 0 Å². The summed E-state index contributed by atoms with van der Waals surface area (Å²) in [5.41, 5.74) is 1.47. The molecule has 0 radical (unpaired) electrons. The van der Waals surface area contributed by atoms with Gasteiger partial charge in [0.05, 0.1) is 0 Å². The van der Waals surface area contributed by atoms with Gasteiger partial charge in [-0.1, -0.05) is 70.2 Å². The highest BCUT2D eigenvalue weighted by atomic mass is 35.5. The van der Waals surface area contributed by atoms with Crippen LogP contribution in [0.2, 0.25) is 0 Å². The van der Waals surface area contributed by atoms with Crippen molar-refractivity contribution in [1.82, 2.24) is 10.2 Å². The van der Waals surface area contributed by atoms with E-state index in [0.717, 1.165) is 50.2 Å². The molecule has 0 unspecified atom stereocenters. The van der Waals surface area contributed by atoms with Crippen molar-refractivity contribution in [3.8, 4) is 0 Å². The molecule has 1 heterocycles. The fourth-order valence-electron chi connectivity index (χ4n) is 5.75. The Morgan fingerprint density at radius 3 is 2.42 bits per heavy atom. The zero-order valence-corrected chi connectivity index (χ0v) is 20.6. The Bertz CT molecular complexity index is 719. The lowest BCUT2D eigenvalue weighted by Crippen LogP contribution is -2.56. The van der Waals surface area contributed by atoms with Gasteiger partial charge in [-0.2, -0.15) is 0 Å². The molecule has 2 aliphatic carbocycles. The van der Waals surface area contributed by atoms with E-state index < -0.39 is 6.04 Å². The van der Waals surface area contributed by atoms with Crippen molar-refractivity contribution >= 4 is 23.4 Å². The van der Waals surface area contributed by atoms with Gasteiger partial charge in [-0.3, -0.25) is 9.59 Å². The quantitative estimate of drug-likeness (QED) is 0.556. The van der Waals surface area contributed by atoms with Crippen molar-refractivity contribution in [2.45, 2.75) is 91.5 Å². The molecule has 1 N–H and O–H groups in total. The number of hydrogen-bond donors (Lipinski definition) is 1. The minimum absolute atomic E-state index is 0.00500. The van der Waals surface area contributed by atoms with Gasteiger partial charge in [0.25, 0.3) is 0 Å². The molecule has 0 bridgehead atoms. The molecule has 1 saturated heterocycles. The zero-order valence-electron chi connectivity index (χ0n) is 19.9. The maximum Gasteiger partial charge on any atom is 0.245 e. The van der Waals surface area contributed by atoms with Crippen LogP contribution in [0, 0.1) is 23.2 Å². The molecule has 0 aromatic rings. The predicted octanol–water partition coefficient (Wildman–Crippen LogP) is 5.82. The summed E-state index contributed by atoms with van der Waals surface area (Å²) in [5, 5.41) is 4.03. The second-order valence-electron chi connectivity index (χ2n) is 10.9. The maximum atomic E-state index is 13.5. The van der Waals surface area contributed by atoms with Crippen molar-refractivity contribution in [3.05, 3.63) is 22.8 Å². The third-order valence-corrected chi connectivity index (χ3v) is 7.88. The van der Waals surface area contributed by atoms with Crippen LogP contribution >= 0.6 is 11.6 Å². The van der Waals surface area contributed by atoms with Crippen LogP contribution in [0.3, 0.4) is 0 Å². The van der Waals surface area contributed by atoms with Gasteiger partial charge in [-0.25, -0.2) is 0 Å². The number of nitrogens with zero attached hydrogens (tertiary/aromatic N) is 1. The van der Waals surface area contributed by atoms with Crippen molar-refractivity contribution in [1.29, 1.82) is 0 Å². The summed E-state index contributed by atoms with van der Waals surface area (Å²) < 4.78 is 0. The van der Waals surface area contributed by atoms with Crippen LogP contribution in [0.15, 0.2) is 22.8 Å². The summed E-state index contributed by atoms with van der Waals surface area (Å²) in [7, 11) is 0. The number of rotatable bonds is 6. The summed E-state index contributed by atoms with van der Waals surface area (Å²) in [6.07, 6.45) is 13.7. The van der Waals surface area contributed by atoms with E-state index in [1.807, 2.05) is 24.8 Å². The van der Waals surface area contributed by atoms with Gasteiger partial charge >= 0.3 is 0 Å². The van der Waals surface area contributed by atoms with Crippen LogP contribution in [0.25, 0.3) is 0 Å². The molecule has 2 atom stereocenters. The molecule has 0 aromatic heterocycles. The van der Waals surface area contributed by atoms with Crippen LogP contribution < -0.4 is 5.32 Å². The number of carbonyl (C=O) groups excluding carboxylic acids is 2. The molecule has 0 aromatic carbocycles. The summed E-state index contributed by atoms with van der Waals surface area (Å²) in [6.45, 7) is 10.1. The molecule has 0 spiro atoms. The Morgan fingerprint density at radius 2 is 1.84 bits per heavy atom. The number of nitrogens with one attached hydrogen (secondary N) is 1. The van der Waals surface area contributed by atoms with Gasteiger partial charge in [0.2, 0.25) is 11.8 Å². The highest BCUT2D eigenvalue weighted by Crippen LogP contribution is 2.43. The lowest BCUT2D eigenvalue weighted by Gasteiger charge is -2.46. The smallest absolute Gasteiger partial charge is 0.245 e. The summed E-state index contributed by atoms with van der Waals surface area (Å²) in [5.74, 6) is 1.16. The molecule has 1 aliphatic heterocycles. The van der Waals surface area contributed by atoms with E-state index in [1.54, 1.807) is 0 Å². The van der Waals surface area contributed by atoms with Gasteiger partial charge in [-0.15, -0.1) is 0 Å². The van der Waals surface area contributed by atoms with E-state index in [2.05, 4.69) is 25.2 Å². The first kappa shape index (κ1) is 24.4. The van der Waals surface area contributed by atoms with Crippen LogP contribution in [0.1, 0.15) is 85.5 Å². The third kappa shape index (κ3) is 6.37. The van der Waals surface area contributed by atoms with Crippen LogP contribution in [0.5, 0.6) is 0 Å². The summed E-state index contributed by atoms with van der Waals surface area (Å²) in [4.78, 5) is 28.2. The van der Waals surface area contributed by atoms with E-state index >= 15 is 0 Å². The lowest BCUT2D eigenvalue weighted by atomic mass is 9.68. The Morgan fingerprint density at radius 1 is 1.13 bits per heavy atom. The number of allylic oxidation sites excluding steroid dienone is 4. The van der Waals surface area contributed by atoms with Crippen molar-refractivity contribution < 1.29 is 9.59 Å². The molecular formula is C26H41ClN2O2. The van der Waals surface area contributed by atoms with Crippen molar-refractivity contribution in [3.63, 3.8) is 0 Å². The lowest BCUT2D eigenvalue weighted by molar-refractivity contribution is -0.141. The standard InChI is InChI=1S/C26H41ClN2O2/c1-18(2)24(28-23(30)16-19-8-6-5-7-9-19)25(31)29-15-14-22(26(3,4)17-29)20-10-12-21(27)13-11-20/h10,12,18-19,22,24H,5-9,11,13-17H2,1-4H3,(H,28,30)/t22-,24-/m1/s1. The average molecular weight is 449 g/mol. The minimum atomic E-state index is -0.431. The molecule has 5 heteroatoms. The van der Waals surface area contributed by atoms with E-state index in [4.69, 9.17) is 11.6 Å². The fourth-order valence-corrected chi connectivity index (χ4v) is 5.90. The largest absolute Gasteiger partial charge is 0.344 e.